The Hall–Kier alpha value is -0.740. The molecule has 0 bridgehead atoms. The molecule has 0 radical (unpaired) electrons. The molecule has 0 aliphatic carbocycles. The van der Waals surface area contributed by atoms with Gasteiger partial charge in [0.05, 0.1) is 0 Å². The quantitative estimate of drug-likeness (QED) is 0.848. The van der Waals surface area contributed by atoms with E-state index in [-0.39, 0.29) is 5.60 Å². The van der Waals surface area contributed by atoms with Crippen LogP contribution in [0.15, 0.2) is 35.5 Å². The summed E-state index contributed by atoms with van der Waals surface area (Å²) in [5.41, 5.74) is 3.83. The fourth-order valence-electron chi connectivity index (χ4n) is 2.62. The summed E-state index contributed by atoms with van der Waals surface area (Å²) < 4.78 is 0. The van der Waals surface area contributed by atoms with Crippen LogP contribution in [-0.4, -0.2) is 23.6 Å². The largest absolute Gasteiger partial charge is 0.299 e. The van der Waals surface area contributed by atoms with Gasteiger partial charge in [-0.1, -0.05) is 35.3 Å². The lowest BCUT2D eigenvalue weighted by Gasteiger charge is -2.36. The van der Waals surface area contributed by atoms with E-state index in [0.29, 0.717) is 5.16 Å². The van der Waals surface area contributed by atoms with E-state index < -0.39 is 0 Å². The van der Waals surface area contributed by atoms with Gasteiger partial charge in [0.25, 0.3) is 0 Å². The average Bonchev–Trinajstić information content (AvgIpc) is 2.77. The lowest BCUT2D eigenvalue weighted by molar-refractivity contribution is -0.0732. The molecule has 0 atom stereocenters. The van der Waals surface area contributed by atoms with Gasteiger partial charge in [-0.15, -0.1) is 0 Å². The van der Waals surface area contributed by atoms with Gasteiger partial charge in [-0.25, -0.2) is 0 Å². The lowest BCUT2D eigenvalue weighted by atomic mass is 9.91. The number of halogens is 2. The summed E-state index contributed by atoms with van der Waals surface area (Å²) in [6.45, 7) is 2.97. The van der Waals surface area contributed by atoms with Crippen molar-refractivity contribution in [2.75, 3.05) is 13.1 Å². The molecule has 1 saturated heterocycles. The van der Waals surface area contributed by atoms with Gasteiger partial charge in [0, 0.05) is 24.7 Å². The van der Waals surface area contributed by atoms with Crippen molar-refractivity contribution in [3.63, 3.8) is 0 Å². The van der Waals surface area contributed by atoms with Crippen LogP contribution in [0.25, 0.3) is 0 Å². The number of piperidine rings is 1. The SMILES string of the molecule is ClC1=CC2(CCN(Cc3ccc(Cl)cc3)CC2)ON1. The van der Waals surface area contributed by atoms with Crippen molar-refractivity contribution in [1.29, 1.82) is 0 Å². The fraction of sp³-hybridized carbons (Fsp3) is 0.429. The van der Waals surface area contributed by atoms with Gasteiger partial charge < -0.3 is 0 Å². The van der Waals surface area contributed by atoms with Gasteiger partial charge in [-0.05, 0) is 36.6 Å². The number of hydroxylamine groups is 1. The molecule has 0 amide bonds. The van der Waals surface area contributed by atoms with E-state index in [2.05, 4.69) is 22.5 Å². The van der Waals surface area contributed by atoms with Crippen LogP contribution in [0.3, 0.4) is 0 Å². The number of likely N-dealkylation sites (tertiary alicyclic amines) is 1. The number of nitrogens with one attached hydrogen (secondary N) is 1. The Morgan fingerprint density at radius 1 is 1.16 bits per heavy atom. The molecule has 1 spiro atoms. The number of benzene rings is 1. The lowest BCUT2D eigenvalue weighted by Crippen LogP contribution is -2.44. The first kappa shape index (κ1) is 13.3. The van der Waals surface area contributed by atoms with Crippen LogP contribution in [0.4, 0.5) is 0 Å². The summed E-state index contributed by atoms with van der Waals surface area (Å²) in [7, 11) is 0. The summed E-state index contributed by atoms with van der Waals surface area (Å²) >= 11 is 11.8. The highest BCUT2D eigenvalue weighted by Gasteiger charge is 2.38. The number of rotatable bonds is 2. The zero-order valence-electron chi connectivity index (χ0n) is 10.5. The monoisotopic (exact) mass is 298 g/mol. The molecule has 0 aromatic heterocycles. The Kier molecular flexibility index (Phi) is 3.72. The van der Waals surface area contributed by atoms with Crippen LogP contribution in [0.2, 0.25) is 5.02 Å². The van der Waals surface area contributed by atoms with Crippen LogP contribution in [-0.2, 0) is 11.4 Å². The molecule has 5 heteroatoms. The topological polar surface area (TPSA) is 24.5 Å². The molecule has 2 aliphatic heterocycles. The molecule has 19 heavy (non-hydrogen) atoms. The smallest absolute Gasteiger partial charge is 0.125 e. The van der Waals surface area contributed by atoms with Gasteiger partial charge in [-0.2, -0.15) is 0 Å². The van der Waals surface area contributed by atoms with Crippen molar-refractivity contribution in [2.24, 2.45) is 0 Å². The van der Waals surface area contributed by atoms with Gasteiger partial charge in [0.15, 0.2) is 0 Å². The Bertz CT molecular complexity index is 479. The van der Waals surface area contributed by atoms with Crippen LogP contribution in [0, 0.1) is 0 Å². The van der Waals surface area contributed by atoms with Gasteiger partial charge >= 0.3 is 0 Å². The molecule has 1 aromatic carbocycles. The summed E-state index contributed by atoms with van der Waals surface area (Å²) in [5.74, 6) is 0. The summed E-state index contributed by atoms with van der Waals surface area (Å²) in [5, 5.41) is 1.39. The first-order valence-corrected chi connectivity index (χ1v) is 7.20. The number of hydrogen-bond donors (Lipinski definition) is 1. The van der Waals surface area contributed by atoms with Crippen LogP contribution in [0.1, 0.15) is 18.4 Å². The van der Waals surface area contributed by atoms with Crippen molar-refractivity contribution in [1.82, 2.24) is 10.4 Å². The molecule has 102 valence electrons. The van der Waals surface area contributed by atoms with Crippen molar-refractivity contribution in [3.8, 4) is 0 Å². The fourth-order valence-corrected chi connectivity index (χ4v) is 2.99. The first-order valence-electron chi connectivity index (χ1n) is 6.44. The van der Waals surface area contributed by atoms with Crippen molar-refractivity contribution in [3.05, 3.63) is 46.1 Å². The second-order valence-electron chi connectivity index (χ2n) is 5.16. The minimum Gasteiger partial charge on any atom is -0.299 e. The molecule has 1 aromatic rings. The zero-order valence-corrected chi connectivity index (χ0v) is 12.0. The zero-order chi connectivity index (χ0) is 13.3. The molecular formula is C14H16Cl2N2O. The Morgan fingerprint density at radius 2 is 1.84 bits per heavy atom. The minimum atomic E-state index is -0.201. The molecule has 1 fully saturated rings. The van der Waals surface area contributed by atoms with Crippen LogP contribution < -0.4 is 5.48 Å². The van der Waals surface area contributed by atoms with Crippen LogP contribution in [0.5, 0.6) is 0 Å². The second-order valence-corrected chi connectivity index (χ2v) is 6.01. The summed E-state index contributed by atoms with van der Waals surface area (Å²) in [6, 6.07) is 8.04. The van der Waals surface area contributed by atoms with E-state index >= 15 is 0 Å². The van der Waals surface area contributed by atoms with E-state index in [1.165, 1.54) is 5.56 Å². The predicted molar refractivity (Wildman–Crippen MR) is 76.9 cm³/mol. The summed E-state index contributed by atoms with van der Waals surface area (Å²) in [6.07, 6.45) is 3.92. The summed E-state index contributed by atoms with van der Waals surface area (Å²) in [4.78, 5) is 8.02. The molecule has 3 rings (SSSR count). The Morgan fingerprint density at radius 3 is 2.42 bits per heavy atom. The molecular weight excluding hydrogens is 283 g/mol. The van der Waals surface area contributed by atoms with Crippen molar-refractivity contribution in [2.45, 2.75) is 25.0 Å². The highest BCUT2D eigenvalue weighted by Crippen LogP contribution is 2.33. The van der Waals surface area contributed by atoms with E-state index in [4.69, 9.17) is 28.0 Å². The van der Waals surface area contributed by atoms with E-state index in [1.54, 1.807) is 0 Å². The van der Waals surface area contributed by atoms with Gasteiger partial charge in [-0.3, -0.25) is 15.2 Å². The maximum absolute atomic E-state index is 5.91. The third kappa shape index (κ3) is 3.06. The minimum absolute atomic E-state index is 0.201. The maximum Gasteiger partial charge on any atom is 0.125 e. The highest BCUT2D eigenvalue weighted by molar-refractivity contribution is 6.30. The van der Waals surface area contributed by atoms with Crippen LogP contribution >= 0.6 is 23.2 Å². The first-order chi connectivity index (χ1) is 9.15. The molecule has 0 unspecified atom stereocenters. The molecule has 1 N–H and O–H groups in total. The number of nitrogens with zero attached hydrogens (tertiary/aromatic N) is 1. The third-order valence-corrected chi connectivity index (χ3v) is 4.20. The number of hydrogen-bond acceptors (Lipinski definition) is 3. The second kappa shape index (κ2) is 5.33. The predicted octanol–water partition coefficient (Wildman–Crippen LogP) is 3.29. The van der Waals surface area contributed by atoms with E-state index in [0.717, 1.165) is 37.5 Å². The van der Waals surface area contributed by atoms with E-state index in [1.807, 2.05) is 18.2 Å². The Balaban J connectivity index is 1.57. The molecule has 0 saturated carbocycles. The van der Waals surface area contributed by atoms with Gasteiger partial charge in [0.2, 0.25) is 0 Å². The molecule has 2 heterocycles. The van der Waals surface area contributed by atoms with Gasteiger partial charge in [0.1, 0.15) is 10.8 Å². The standard InChI is InChI=1S/C14H16Cl2N2O/c15-12-3-1-11(2-4-12)10-18-7-5-14(6-8-18)9-13(16)17-19-14/h1-4,9,17H,5-8,10H2. The maximum atomic E-state index is 5.91. The average molecular weight is 299 g/mol. The molecule has 3 nitrogen and oxygen atoms in total. The Labute approximate surface area is 123 Å². The molecule has 2 aliphatic rings. The van der Waals surface area contributed by atoms with Crippen molar-refractivity contribution < 1.29 is 4.84 Å². The highest BCUT2D eigenvalue weighted by atomic mass is 35.5. The van der Waals surface area contributed by atoms with E-state index in [9.17, 15) is 0 Å². The third-order valence-electron chi connectivity index (χ3n) is 3.76. The van der Waals surface area contributed by atoms with Crippen molar-refractivity contribution >= 4 is 23.2 Å². The normalized spacial score (nSPS) is 22.3.